The van der Waals surface area contributed by atoms with Crippen LogP contribution < -0.4 is 5.32 Å². The molecule has 1 amide bonds. The van der Waals surface area contributed by atoms with E-state index < -0.39 is 0 Å². The largest absolute Gasteiger partial charge is 0.381 e. The van der Waals surface area contributed by atoms with E-state index in [1.165, 1.54) is 16.7 Å². The SMILES string of the molecule is CC(=O)N[C@H]1c2ccccc2C[C@H]1OCCCOCCCCCOCc1ccccc1. The predicted octanol–water partition coefficient (Wildman–Crippen LogP) is 4.60. The van der Waals surface area contributed by atoms with E-state index in [-0.39, 0.29) is 18.1 Å². The Balaban J connectivity index is 1.18. The molecule has 0 unspecified atom stereocenters. The van der Waals surface area contributed by atoms with Gasteiger partial charge in [0.2, 0.25) is 5.91 Å². The quantitative estimate of drug-likeness (QED) is 0.450. The van der Waals surface area contributed by atoms with Crippen molar-refractivity contribution < 1.29 is 19.0 Å². The molecule has 0 radical (unpaired) electrons. The number of nitrogens with one attached hydrogen (secondary N) is 1. The minimum atomic E-state index is -0.0567. The van der Waals surface area contributed by atoms with Gasteiger partial charge < -0.3 is 19.5 Å². The predicted molar refractivity (Wildman–Crippen MR) is 122 cm³/mol. The number of unbranched alkanes of at least 4 members (excludes halogenated alkanes) is 2. The fourth-order valence-corrected chi connectivity index (χ4v) is 3.95. The average molecular weight is 426 g/mol. The lowest BCUT2D eigenvalue weighted by molar-refractivity contribution is -0.120. The molecule has 1 aliphatic rings. The molecule has 2 aromatic rings. The highest BCUT2D eigenvalue weighted by molar-refractivity contribution is 5.73. The standard InChI is InChI=1S/C26H35NO4/c1-21(28)27-26-24-14-7-6-13-23(24)19-25(26)31-18-10-17-29-15-8-3-9-16-30-20-22-11-4-2-5-12-22/h2,4-7,11-14,25-26H,3,8-10,15-20H2,1H3,(H,27,28)/t25-,26+/m1/s1. The molecule has 2 atom stereocenters. The second-order valence-corrected chi connectivity index (χ2v) is 8.06. The third-order valence-corrected chi connectivity index (χ3v) is 5.50. The van der Waals surface area contributed by atoms with E-state index in [0.717, 1.165) is 45.3 Å². The minimum Gasteiger partial charge on any atom is -0.381 e. The molecular formula is C26H35NO4. The molecule has 5 nitrogen and oxygen atoms in total. The molecule has 2 aromatic carbocycles. The molecule has 5 heteroatoms. The number of hydrogen-bond donors (Lipinski definition) is 1. The van der Waals surface area contributed by atoms with E-state index >= 15 is 0 Å². The number of fused-ring (bicyclic) bond motifs is 1. The summed E-state index contributed by atoms with van der Waals surface area (Å²) in [5, 5.41) is 3.04. The van der Waals surface area contributed by atoms with E-state index in [1.807, 2.05) is 30.3 Å². The van der Waals surface area contributed by atoms with Crippen molar-refractivity contribution in [2.45, 2.75) is 57.8 Å². The molecule has 0 fully saturated rings. The molecule has 0 heterocycles. The molecule has 0 bridgehead atoms. The van der Waals surface area contributed by atoms with Gasteiger partial charge in [0.1, 0.15) is 0 Å². The van der Waals surface area contributed by atoms with E-state index in [9.17, 15) is 4.79 Å². The molecule has 168 valence electrons. The Bertz CT molecular complexity index is 780. The molecule has 0 aromatic heterocycles. The smallest absolute Gasteiger partial charge is 0.217 e. The maximum atomic E-state index is 11.6. The van der Waals surface area contributed by atoms with Crippen LogP contribution in [0.15, 0.2) is 54.6 Å². The Labute approximate surface area is 186 Å². The van der Waals surface area contributed by atoms with Gasteiger partial charge in [-0.2, -0.15) is 0 Å². The molecular weight excluding hydrogens is 390 g/mol. The Kier molecular flexibility index (Phi) is 10.0. The number of carbonyl (C=O) groups excluding carboxylic acids is 1. The van der Waals surface area contributed by atoms with Crippen molar-refractivity contribution in [3.05, 3.63) is 71.3 Å². The van der Waals surface area contributed by atoms with Gasteiger partial charge >= 0.3 is 0 Å². The molecule has 3 rings (SSSR count). The summed E-state index contributed by atoms with van der Waals surface area (Å²) < 4.78 is 17.5. The van der Waals surface area contributed by atoms with Crippen LogP contribution in [0.2, 0.25) is 0 Å². The fourth-order valence-electron chi connectivity index (χ4n) is 3.95. The average Bonchev–Trinajstić information content (AvgIpc) is 3.12. The summed E-state index contributed by atoms with van der Waals surface area (Å²) in [6.07, 6.45) is 4.93. The van der Waals surface area contributed by atoms with Crippen LogP contribution in [0.25, 0.3) is 0 Å². The van der Waals surface area contributed by atoms with Gasteiger partial charge in [0.25, 0.3) is 0 Å². The highest BCUT2D eigenvalue weighted by Crippen LogP contribution is 2.33. The van der Waals surface area contributed by atoms with Crippen LogP contribution in [0, 0.1) is 0 Å². The molecule has 0 saturated carbocycles. The van der Waals surface area contributed by atoms with Crippen molar-refractivity contribution in [2.75, 3.05) is 26.4 Å². The fraction of sp³-hybridized carbons (Fsp3) is 0.500. The summed E-state index contributed by atoms with van der Waals surface area (Å²) in [6.45, 7) is 5.16. The Morgan fingerprint density at radius 2 is 1.58 bits per heavy atom. The van der Waals surface area contributed by atoms with Crippen molar-refractivity contribution in [3.63, 3.8) is 0 Å². The first-order chi connectivity index (χ1) is 15.2. The molecule has 0 spiro atoms. The normalized spacial score (nSPS) is 17.5. The van der Waals surface area contributed by atoms with Crippen LogP contribution in [-0.2, 0) is 32.0 Å². The van der Waals surface area contributed by atoms with Crippen LogP contribution >= 0.6 is 0 Å². The second kappa shape index (κ2) is 13.3. The number of hydrogen-bond acceptors (Lipinski definition) is 4. The lowest BCUT2D eigenvalue weighted by Crippen LogP contribution is -2.34. The summed E-state index contributed by atoms with van der Waals surface area (Å²) >= 11 is 0. The van der Waals surface area contributed by atoms with Crippen LogP contribution in [0.4, 0.5) is 0 Å². The molecule has 0 aliphatic heterocycles. The number of benzene rings is 2. The van der Waals surface area contributed by atoms with Gasteiger partial charge in [0.05, 0.1) is 18.8 Å². The topological polar surface area (TPSA) is 56.8 Å². The second-order valence-electron chi connectivity index (χ2n) is 8.06. The summed E-state index contributed by atoms with van der Waals surface area (Å²) in [7, 11) is 0. The third-order valence-electron chi connectivity index (χ3n) is 5.50. The van der Waals surface area contributed by atoms with Gasteiger partial charge in [0.15, 0.2) is 0 Å². The van der Waals surface area contributed by atoms with E-state index in [4.69, 9.17) is 14.2 Å². The first kappa shape index (κ1) is 23.5. The lowest BCUT2D eigenvalue weighted by atomic mass is 10.1. The van der Waals surface area contributed by atoms with Crippen molar-refractivity contribution in [1.82, 2.24) is 5.32 Å². The zero-order valence-corrected chi connectivity index (χ0v) is 18.6. The van der Waals surface area contributed by atoms with Gasteiger partial charge in [-0.15, -0.1) is 0 Å². The van der Waals surface area contributed by atoms with Crippen LogP contribution in [0.1, 0.15) is 55.3 Å². The first-order valence-electron chi connectivity index (χ1n) is 11.4. The van der Waals surface area contributed by atoms with Gasteiger partial charge in [-0.05, 0) is 42.4 Å². The van der Waals surface area contributed by atoms with Crippen LogP contribution in [-0.4, -0.2) is 38.4 Å². The summed E-state index contributed by atoms with van der Waals surface area (Å²) in [5.41, 5.74) is 3.65. The number of rotatable bonds is 14. The van der Waals surface area contributed by atoms with Gasteiger partial charge in [-0.25, -0.2) is 0 Å². The third kappa shape index (κ3) is 8.09. The van der Waals surface area contributed by atoms with Crippen molar-refractivity contribution in [1.29, 1.82) is 0 Å². The Morgan fingerprint density at radius 1 is 0.871 bits per heavy atom. The zero-order valence-electron chi connectivity index (χ0n) is 18.6. The summed E-state index contributed by atoms with van der Waals surface area (Å²) in [4.78, 5) is 11.6. The maximum absolute atomic E-state index is 11.6. The van der Waals surface area contributed by atoms with Gasteiger partial charge in [-0.1, -0.05) is 54.6 Å². The highest BCUT2D eigenvalue weighted by atomic mass is 16.5. The summed E-state index contributed by atoms with van der Waals surface area (Å²) in [6, 6.07) is 18.5. The van der Waals surface area contributed by atoms with Crippen molar-refractivity contribution >= 4 is 5.91 Å². The number of amides is 1. The monoisotopic (exact) mass is 425 g/mol. The van der Waals surface area contributed by atoms with E-state index in [0.29, 0.717) is 19.8 Å². The lowest BCUT2D eigenvalue weighted by Gasteiger charge is -2.21. The van der Waals surface area contributed by atoms with E-state index in [1.54, 1.807) is 6.92 Å². The minimum absolute atomic E-state index is 0.00261. The number of ether oxygens (including phenoxy) is 3. The van der Waals surface area contributed by atoms with Gasteiger partial charge in [0, 0.05) is 39.8 Å². The van der Waals surface area contributed by atoms with Crippen molar-refractivity contribution in [2.24, 2.45) is 0 Å². The van der Waals surface area contributed by atoms with E-state index in [2.05, 4.69) is 29.6 Å². The zero-order chi connectivity index (χ0) is 21.7. The molecule has 1 N–H and O–H groups in total. The van der Waals surface area contributed by atoms with Gasteiger partial charge in [-0.3, -0.25) is 4.79 Å². The highest BCUT2D eigenvalue weighted by Gasteiger charge is 2.33. The van der Waals surface area contributed by atoms with Crippen LogP contribution in [0.5, 0.6) is 0 Å². The maximum Gasteiger partial charge on any atom is 0.217 e. The molecule has 0 saturated heterocycles. The molecule has 1 aliphatic carbocycles. The van der Waals surface area contributed by atoms with Crippen LogP contribution in [0.3, 0.4) is 0 Å². The molecule has 31 heavy (non-hydrogen) atoms. The summed E-state index contributed by atoms with van der Waals surface area (Å²) in [5.74, 6) is -0.0240. The number of carbonyl (C=O) groups is 1. The Hall–Kier alpha value is -2.21. The Morgan fingerprint density at radius 3 is 2.39 bits per heavy atom. The van der Waals surface area contributed by atoms with Crippen molar-refractivity contribution in [3.8, 4) is 0 Å². The first-order valence-corrected chi connectivity index (χ1v) is 11.4.